The van der Waals surface area contributed by atoms with E-state index in [1.165, 1.54) is 17.8 Å². The smallest absolute Gasteiger partial charge is 0.243 e. The molecule has 27 heavy (non-hydrogen) atoms. The Morgan fingerprint density at radius 2 is 1.96 bits per heavy atom. The first-order chi connectivity index (χ1) is 13.0. The zero-order valence-electron chi connectivity index (χ0n) is 14.7. The standard InChI is InChI=1S/C20H21BrClN3O2/c21-17-3-1-14(2-4-17)13-25-9-7-15(8-10-25)20(27)24-23-12-16-11-18(22)5-6-19(16)26/h1-6,11-12,15,26H,7-10,13H2,(H,24,27)/b23-12+. The van der Waals surface area contributed by atoms with E-state index in [0.717, 1.165) is 36.9 Å². The van der Waals surface area contributed by atoms with Crippen molar-refractivity contribution in [3.8, 4) is 5.75 Å². The SMILES string of the molecule is O=C(N/N=C/c1cc(Cl)ccc1O)C1CCN(Cc2ccc(Br)cc2)CC1. The Hall–Kier alpha value is -1.89. The van der Waals surface area contributed by atoms with Gasteiger partial charge in [0.25, 0.3) is 0 Å². The average Bonchev–Trinajstić information content (AvgIpc) is 2.67. The molecule has 5 nitrogen and oxygen atoms in total. The molecule has 0 atom stereocenters. The first-order valence-electron chi connectivity index (χ1n) is 8.79. The number of phenols is 1. The second-order valence-electron chi connectivity index (χ2n) is 6.61. The van der Waals surface area contributed by atoms with Crippen LogP contribution in [-0.4, -0.2) is 35.2 Å². The average molecular weight is 451 g/mol. The molecule has 2 N–H and O–H groups in total. The lowest BCUT2D eigenvalue weighted by Crippen LogP contribution is -2.39. The van der Waals surface area contributed by atoms with Gasteiger partial charge in [-0.25, -0.2) is 5.43 Å². The van der Waals surface area contributed by atoms with Crippen LogP contribution in [0.3, 0.4) is 0 Å². The highest BCUT2D eigenvalue weighted by Crippen LogP contribution is 2.21. The molecule has 0 aliphatic carbocycles. The molecule has 0 bridgehead atoms. The topological polar surface area (TPSA) is 64.9 Å². The van der Waals surface area contributed by atoms with E-state index < -0.39 is 0 Å². The minimum absolute atomic E-state index is 0.0451. The molecule has 0 saturated carbocycles. The summed E-state index contributed by atoms with van der Waals surface area (Å²) in [7, 11) is 0. The van der Waals surface area contributed by atoms with Crippen LogP contribution >= 0.6 is 27.5 Å². The molecule has 3 rings (SSSR count). The highest BCUT2D eigenvalue weighted by molar-refractivity contribution is 9.10. The molecule has 1 aliphatic rings. The van der Waals surface area contributed by atoms with Crippen LogP contribution in [0.2, 0.25) is 5.02 Å². The van der Waals surface area contributed by atoms with Gasteiger partial charge in [-0.15, -0.1) is 0 Å². The summed E-state index contributed by atoms with van der Waals surface area (Å²) in [5.74, 6) is -0.0639. The maximum atomic E-state index is 12.3. The van der Waals surface area contributed by atoms with E-state index >= 15 is 0 Å². The molecule has 7 heteroatoms. The molecule has 0 radical (unpaired) electrons. The lowest BCUT2D eigenvalue weighted by Gasteiger charge is -2.30. The third-order valence-electron chi connectivity index (χ3n) is 4.65. The molecule has 0 unspecified atom stereocenters. The molecular formula is C20H21BrClN3O2. The van der Waals surface area contributed by atoms with Crippen LogP contribution in [0.4, 0.5) is 0 Å². The summed E-state index contributed by atoms with van der Waals surface area (Å²) in [6.45, 7) is 2.66. The van der Waals surface area contributed by atoms with E-state index in [2.05, 4.69) is 43.5 Å². The first-order valence-corrected chi connectivity index (χ1v) is 9.96. The van der Waals surface area contributed by atoms with E-state index in [4.69, 9.17) is 11.6 Å². The van der Waals surface area contributed by atoms with Crippen molar-refractivity contribution < 1.29 is 9.90 Å². The van der Waals surface area contributed by atoms with Crippen molar-refractivity contribution in [3.05, 3.63) is 63.1 Å². The highest BCUT2D eigenvalue weighted by atomic mass is 79.9. The fourth-order valence-corrected chi connectivity index (χ4v) is 3.53. The number of carbonyl (C=O) groups excluding carboxylic acids is 1. The summed E-state index contributed by atoms with van der Waals surface area (Å²) in [5.41, 5.74) is 4.31. The van der Waals surface area contributed by atoms with Gasteiger partial charge in [0.2, 0.25) is 5.91 Å². The van der Waals surface area contributed by atoms with Gasteiger partial charge in [0.15, 0.2) is 0 Å². The van der Waals surface area contributed by atoms with Crippen LogP contribution in [0, 0.1) is 5.92 Å². The molecule has 1 aliphatic heterocycles. The van der Waals surface area contributed by atoms with Crippen molar-refractivity contribution in [2.75, 3.05) is 13.1 Å². The second-order valence-corrected chi connectivity index (χ2v) is 7.97. The summed E-state index contributed by atoms with van der Waals surface area (Å²) < 4.78 is 1.08. The Bertz CT molecular complexity index is 818. The number of hydrogen-bond donors (Lipinski definition) is 2. The largest absolute Gasteiger partial charge is 0.507 e. The molecule has 2 aromatic carbocycles. The highest BCUT2D eigenvalue weighted by Gasteiger charge is 2.24. The number of aromatic hydroxyl groups is 1. The zero-order valence-corrected chi connectivity index (χ0v) is 17.1. The van der Waals surface area contributed by atoms with Crippen LogP contribution in [0.15, 0.2) is 52.0 Å². The molecule has 2 aromatic rings. The molecule has 142 valence electrons. The van der Waals surface area contributed by atoms with Gasteiger partial charge in [0, 0.05) is 27.5 Å². The molecule has 1 heterocycles. The number of nitrogens with one attached hydrogen (secondary N) is 1. The molecule has 1 amide bonds. The van der Waals surface area contributed by atoms with Gasteiger partial charge >= 0.3 is 0 Å². The van der Waals surface area contributed by atoms with Gasteiger partial charge in [-0.05, 0) is 61.8 Å². The fraction of sp³-hybridized carbons (Fsp3) is 0.300. The molecule has 0 spiro atoms. The zero-order chi connectivity index (χ0) is 19.2. The minimum Gasteiger partial charge on any atom is -0.507 e. The fourth-order valence-electron chi connectivity index (χ4n) is 3.09. The van der Waals surface area contributed by atoms with Gasteiger partial charge in [0.1, 0.15) is 5.75 Å². The number of nitrogens with zero attached hydrogens (tertiary/aromatic N) is 2. The second kappa shape index (κ2) is 9.35. The number of benzene rings is 2. The van der Waals surface area contributed by atoms with E-state index in [1.807, 2.05) is 12.1 Å². The van der Waals surface area contributed by atoms with E-state index in [1.54, 1.807) is 12.1 Å². The number of hydrazone groups is 1. The number of amides is 1. The van der Waals surface area contributed by atoms with Crippen molar-refractivity contribution in [2.24, 2.45) is 11.0 Å². The number of hydrogen-bond acceptors (Lipinski definition) is 4. The van der Waals surface area contributed by atoms with Crippen molar-refractivity contribution in [3.63, 3.8) is 0 Å². The first kappa shape index (κ1) is 19.9. The number of halogens is 2. The van der Waals surface area contributed by atoms with E-state index in [0.29, 0.717) is 10.6 Å². The van der Waals surface area contributed by atoms with Crippen molar-refractivity contribution in [1.29, 1.82) is 0 Å². The predicted octanol–water partition coefficient (Wildman–Crippen LogP) is 4.17. The third-order valence-corrected chi connectivity index (χ3v) is 5.41. The minimum atomic E-state index is -0.0870. The monoisotopic (exact) mass is 449 g/mol. The summed E-state index contributed by atoms with van der Waals surface area (Å²) in [4.78, 5) is 14.7. The molecule has 1 fully saturated rings. The van der Waals surface area contributed by atoms with Gasteiger partial charge in [-0.2, -0.15) is 5.10 Å². The van der Waals surface area contributed by atoms with Crippen molar-refractivity contribution in [2.45, 2.75) is 19.4 Å². The van der Waals surface area contributed by atoms with E-state index in [9.17, 15) is 9.90 Å². The summed E-state index contributed by atoms with van der Waals surface area (Å²) >= 11 is 9.34. The van der Waals surface area contributed by atoms with Gasteiger partial charge < -0.3 is 5.11 Å². The van der Waals surface area contributed by atoms with Crippen LogP contribution in [0.25, 0.3) is 0 Å². The number of rotatable bonds is 5. The Kier molecular flexibility index (Phi) is 6.88. The molecular weight excluding hydrogens is 430 g/mol. The molecule has 0 aromatic heterocycles. The Morgan fingerprint density at radius 3 is 2.67 bits per heavy atom. The quantitative estimate of drug-likeness (QED) is 0.531. The van der Waals surface area contributed by atoms with Gasteiger partial charge in [-0.1, -0.05) is 39.7 Å². The summed E-state index contributed by atoms with van der Waals surface area (Å²) in [6.07, 6.45) is 3.02. The number of carbonyl (C=O) groups is 1. The van der Waals surface area contributed by atoms with Gasteiger partial charge in [-0.3, -0.25) is 9.69 Å². The maximum absolute atomic E-state index is 12.3. The van der Waals surface area contributed by atoms with E-state index in [-0.39, 0.29) is 17.6 Å². The van der Waals surface area contributed by atoms with Crippen molar-refractivity contribution >= 4 is 39.7 Å². The number of likely N-dealkylation sites (tertiary alicyclic amines) is 1. The van der Waals surface area contributed by atoms with Crippen molar-refractivity contribution in [1.82, 2.24) is 10.3 Å². The molecule has 1 saturated heterocycles. The normalized spacial score (nSPS) is 15.9. The van der Waals surface area contributed by atoms with Gasteiger partial charge in [0.05, 0.1) is 6.21 Å². The Morgan fingerprint density at radius 1 is 1.26 bits per heavy atom. The van der Waals surface area contributed by atoms with Crippen LogP contribution < -0.4 is 5.43 Å². The number of phenolic OH excluding ortho intramolecular Hbond substituents is 1. The number of piperidine rings is 1. The third kappa shape index (κ3) is 5.79. The summed E-state index contributed by atoms with van der Waals surface area (Å²) in [6, 6.07) is 13.0. The van der Waals surface area contributed by atoms with Crippen LogP contribution in [-0.2, 0) is 11.3 Å². The Balaban J connectivity index is 1.46. The van der Waals surface area contributed by atoms with Crippen LogP contribution in [0.5, 0.6) is 5.75 Å². The lowest BCUT2D eigenvalue weighted by atomic mass is 9.96. The lowest BCUT2D eigenvalue weighted by molar-refractivity contribution is -0.126. The maximum Gasteiger partial charge on any atom is 0.243 e. The predicted molar refractivity (Wildman–Crippen MR) is 111 cm³/mol. The van der Waals surface area contributed by atoms with Crippen LogP contribution in [0.1, 0.15) is 24.0 Å². The summed E-state index contributed by atoms with van der Waals surface area (Å²) in [5, 5.41) is 14.2. The Labute approximate surface area is 172 Å².